The summed E-state index contributed by atoms with van der Waals surface area (Å²) in [4.78, 5) is 14.8. The van der Waals surface area contributed by atoms with Crippen LogP contribution in [0.3, 0.4) is 0 Å². The largest absolute Gasteiger partial charge is 0.334 e. The molecule has 5 rings (SSSR count). The number of hydrogen-bond donors (Lipinski definition) is 1. The highest BCUT2D eigenvalue weighted by atomic mass is 32.2. The van der Waals surface area contributed by atoms with Crippen molar-refractivity contribution < 1.29 is 13.2 Å². The summed E-state index contributed by atoms with van der Waals surface area (Å²) in [7, 11) is -3.70. The number of nitrogens with one attached hydrogen (secondary N) is 1. The van der Waals surface area contributed by atoms with Crippen molar-refractivity contribution >= 4 is 21.6 Å². The lowest BCUT2D eigenvalue weighted by Crippen LogP contribution is -2.50. The Morgan fingerprint density at radius 2 is 1.71 bits per heavy atom. The van der Waals surface area contributed by atoms with Gasteiger partial charge in [0.05, 0.1) is 17.1 Å². The first kappa shape index (κ1) is 21.8. The highest BCUT2D eigenvalue weighted by Crippen LogP contribution is 2.25. The van der Waals surface area contributed by atoms with Crippen molar-refractivity contribution in [1.29, 1.82) is 0 Å². The summed E-state index contributed by atoms with van der Waals surface area (Å²) in [5.74, 6) is -0.104. The Bertz CT molecular complexity index is 1430. The Morgan fingerprint density at radius 3 is 2.41 bits per heavy atom. The average molecular weight is 474 g/mol. The molecule has 0 unspecified atom stereocenters. The van der Waals surface area contributed by atoms with E-state index in [-0.39, 0.29) is 16.8 Å². The summed E-state index contributed by atoms with van der Waals surface area (Å²) in [5, 5.41) is 8.46. The molecule has 0 aliphatic carbocycles. The molecule has 8 nitrogen and oxygen atoms in total. The van der Waals surface area contributed by atoms with Gasteiger partial charge in [-0.15, -0.1) is 5.10 Å². The maximum Gasteiger partial charge on any atom is 0.261 e. The number of aryl methyl sites for hydroxylation is 1. The molecule has 1 saturated heterocycles. The fourth-order valence-corrected chi connectivity index (χ4v) is 5.01. The van der Waals surface area contributed by atoms with Crippen molar-refractivity contribution in [2.75, 3.05) is 17.8 Å². The molecule has 1 aliphatic heterocycles. The number of amides is 1. The third kappa shape index (κ3) is 4.42. The second-order valence-corrected chi connectivity index (χ2v) is 10.00. The van der Waals surface area contributed by atoms with Crippen molar-refractivity contribution in [3.05, 3.63) is 96.2 Å². The van der Waals surface area contributed by atoms with Crippen LogP contribution in [0, 0.1) is 6.92 Å². The highest BCUT2D eigenvalue weighted by Gasteiger charge is 2.33. The zero-order chi connectivity index (χ0) is 23.7. The van der Waals surface area contributed by atoms with Gasteiger partial charge in [-0.05, 0) is 48.9 Å². The summed E-state index contributed by atoms with van der Waals surface area (Å²) in [5.41, 5.74) is 3.56. The molecule has 0 bridgehead atoms. The number of sulfonamides is 1. The Balaban J connectivity index is 1.20. The minimum atomic E-state index is -3.70. The van der Waals surface area contributed by atoms with Gasteiger partial charge in [-0.25, -0.2) is 13.1 Å². The molecule has 1 aromatic heterocycles. The van der Waals surface area contributed by atoms with E-state index in [1.54, 1.807) is 52.0 Å². The molecule has 3 aromatic carbocycles. The first-order chi connectivity index (χ1) is 16.4. The van der Waals surface area contributed by atoms with Crippen LogP contribution in [0.2, 0.25) is 0 Å². The number of hydrogen-bond acceptors (Lipinski definition) is 5. The lowest BCUT2D eigenvalue weighted by Gasteiger charge is -2.38. The fourth-order valence-electron chi connectivity index (χ4n) is 3.84. The Labute approximate surface area is 197 Å². The zero-order valence-electron chi connectivity index (χ0n) is 18.5. The van der Waals surface area contributed by atoms with Crippen LogP contribution in [0.1, 0.15) is 22.0 Å². The highest BCUT2D eigenvalue weighted by molar-refractivity contribution is 7.92. The third-order valence-electron chi connectivity index (χ3n) is 5.79. The third-order valence-corrected chi connectivity index (χ3v) is 7.17. The smallest absolute Gasteiger partial charge is 0.261 e. The van der Waals surface area contributed by atoms with Crippen LogP contribution in [0.4, 0.5) is 5.69 Å². The standard InChI is InChI=1S/C25H23N5O3S/c1-18-6-5-9-23(14-18)34(32,33)27-21-12-10-20(11-13-21)25(31)29-15-22(16-29)30-17-24(26-28-30)19-7-3-2-4-8-19/h2-14,17,22,27H,15-16H2,1H3. The molecule has 172 valence electrons. The van der Waals surface area contributed by atoms with E-state index in [1.165, 1.54) is 0 Å². The molecule has 0 atom stereocenters. The molecule has 0 saturated carbocycles. The normalized spacial score (nSPS) is 14.0. The number of likely N-dealkylation sites (tertiary alicyclic amines) is 1. The second kappa shape index (κ2) is 8.75. The van der Waals surface area contributed by atoms with Crippen LogP contribution in [0.25, 0.3) is 11.3 Å². The lowest BCUT2D eigenvalue weighted by molar-refractivity contribution is 0.0498. The maximum absolute atomic E-state index is 12.8. The SMILES string of the molecule is Cc1cccc(S(=O)(=O)Nc2ccc(C(=O)N3CC(n4cc(-c5ccccc5)nn4)C3)cc2)c1. The van der Waals surface area contributed by atoms with Crippen LogP contribution in [-0.4, -0.2) is 47.3 Å². The average Bonchev–Trinajstić information content (AvgIpc) is 3.29. The van der Waals surface area contributed by atoms with Crippen LogP contribution in [0.5, 0.6) is 0 Å². The van der Waals surface area contributed by atoms with Gasteiger partial charge in [-0.1, -0.05) is 47.7 Å². The summed E-state index contributed by atoms with van der Waals surface area (Å²) in [6, 6.07) is 23.1. The zero-order valence-corrected chi connectivity index (χ0v) is 19.3. The number of rotatable bonds is 6. The van der Waals surface area contributed by atoms with E-state index in [0.717, 1.165) is 16.8 Å². The monoisotopic (exact) mass is 473 g/mol. The number of carbonyl (C=O) groups excluding carboxylic acids is 1. The molecule has 1 fully saturated rings. The predicted octanol–water partition coefficient (Wildman–Crippen LogP) is 3.75. The predicted molar refractivity (Wildman–Crippen MR) is 129 cm³/mol. The van der Waals surface area contributed by atoms with E-state index in [9.17, 15) is 13.2 Å². The quantitative estimate of drug-likeness (QED) is 0.460. The van der Waals surface area contributed by atoms with E-state index in [0.29, 0.717) is 24.3 Å². The molecule has 34 heavy (non-hydrogen) atoms. The molecule has 0 spiro atoms. The van der Waals surface area contributed by atoms with E-state index in [4.69, 9.17) is 0 Å². The number of anilines is 1. The van der Waals surface area contributed by atoms with Gasteiger partial charge >= 0.3 is 0 Å². The van der Waals surface area contributed by atoms with Crippen molar-refractivity contribution in [3.63, 3.8) is 0 Å². The topological polar surface area (TPSA) is 97.2 Å². The van der Waals surface area contributed by atoms with E-state index in [2.05, 4.69) is 15.0 Å². The summed E-state index contributed by atoms with van der Waals surface area (Å²) in [6.45, 7) is 2.92. The van der Waals surface area contributed by atoms with E-state index >= 15 is 0 Å². The number of nitrogens with zero attached hydrogens (tertiary/aromatic N) is 4. The van der Waals surface area contributed by atoms with Crippen molar-refractivity contribution in [1.82, 2.24) is 19.9 Å². The van der Waals surface area contributed by atoms with E-state index < -0.39 is 10.0 Å². The van der Waals surface area contributed by atoms with Crippen LogP contribution in [0.15, 0.2) is 90.0 Å². The van der Waals surface area contributed by atoms with Crippen molar-refractivity contribution in [2.45, 2.75) is 17.9 Å². The molecule has 1 amide bonds. The molecular formula is C25H23N5O3S. The molecule has 4 aromatic rings. The van der Waals surface area contributed by atoms with Crippen LogP contribution < -0.4 is 4.72 Å². The van der Waals surface area contributed by atoms with Gasteiger partial charge in [-0.2, -0.15) is 0 Å². The Morgan fingerprint density at radius 1 is 0.971 bits per heavy atom. The molecule has 1 aliphatic rings. The van der Waals surface area contributed by atoms with Crippen molar-refractivity contribution in [3.8, 4) is 11.3 Å². The maximum atomic E-state index is 12.8. The molecular weight excluding hydrogens is 450 g/mol. The Hall–Kier alpha value is -3.98. The van der Waals surface area contributed by atoms with Gasteiger partial charge in [0, 0.05) is 29.9 Å². The van der Waals surface area contributed by atoms with Crippen LogP contribution in [-0.2, 0) is 10.0 Å². The number of aromatic nitrogens is 3. The van der Waals surface area contributed by atoms with Crippen molar-refractivity contribution in [2.24, 2.45) is 0 Å². The Kier molecular flexibility index (Phi) is 5.62. The number of carbonyl (C=O) groups is 1. The van der Waals surface area contributed by atoms with Crippen LogP contribution >= 0.6 is 0 Å². The summed E-state index contributed by atoms with van der Waals surface area (Å²) in [6.07, 6.45) is 1.90. The second-order valence-electron chi connectivity index (χ2n) is 8.31. The summed E-state index contributed by atoms with van der Waals surface area (Å²) >= 11 is 0. The minimum absolute atomic E-state index is 0.0781. The molecule has 0 radical (unpaired) electrons. The molecule has 9 heteroatoms. The first-order valence-corrected chi connectivity index (χ1v) is 12.3. The lowest BCUT2D eigenvalue weighted by atomic mass is 10.1. The molecule has 2 heterocycles. The van der Waals surface area contributed by atoms with E-state index in [1.807, 2.05) is 49.5 Å². The van der Waals surface area contributed by atoms with Gasteiger partial charge in [0.1, 0.15) is 5.69 Å². The van der Waals surface area contributed by atoms with Gasteiger partial charge in [0.15, 0.2) is 0 Å². The summed E-state index contributed by atoms with van der Waals surface area (Å²) < 4.78 is 29.6. The van der Waals surface area contributed by atoms with Gasteiger partial charge in [0.25, 0.3) is 15.9 Å². The first-order valence-electron chi connectivity index (χ1n) is 10.9. The van der Waals surface area contributed by atoms with Gasteiger partial charge < -0.3 is 4.90 Å². The van der Waals surface area contributed by atoms with Gasteiger partial charge in [-0.3, -0.25) is 9.52 Å². The fraction of sp³-hybridized carbons (Fsp3) is 0.160. The number of benzene rings is 3. The minimum Gasteiger partial charge on any atom is -0.334 e. The molecule has 1 N–H and O–H groups in total. The van der Waals surface area contributed by atoms with Gasteiger partial charge in [0.2, 0.25) is 0 Å².